The molecule has 0 aromatic heterocycles. The zero-order chi connectivity index (χ0) is 17.9. The monoisotopic (exact) mass is 474 g/mol. The molecule has 0 aliphatic carbocycles. The van der Waals surface area contributed by atoms with E-state index in [1.165, 1.54) is 29.7 Å². The summed E-state index contributed by atoms with van der Waals surface area (Å²) in [5, 5.41) is 6.82. The number of unbranched alkanes of at least 4 members (excludes halogenated alkanes) is 1. The molecule has 1 aliphatic rings. The Morgan fingerprint density at radius 1 is 1.04 bits per heavy atom. The first-order valence-corrected chi connectivity index (χ1v) is 9.49. The number of nitrogens with one attached hydrogen (secondary N) is 2. The van der Waals surface area contributed by atoms with Crippen molar-refractivity contribution < 1.29 is 4.74 Å². The molecule has 0 bridgehead atoms. The van der Waals surface area contributed by atoms with Gasteiger partial charge in [0.1, 0.15) is 0 Å². The van der Waals surface area contributed by atoms with Gasteiger partial charge in [-0.25, -0.2) is 0 Å². The number of aryl methyl sites for hydroxylation is 2. The van der Waals surface area contributed by atoms with Gasteiger partial charge >= 0.3 is 0 Å². The van der Waals surface area contributed by atoms with Crippen LogP contribution in [0.25, 0.3) is 0 Å². The number of rotatable bonds is 8. The number of hydrogen-bond acceptors (Lipinski definition) is 3. The lowest BCUT2D eigenvalue weighted by molar-refractivity contribution is 0.0372. The fourth-order valence-corrected chi connectivity index (χ4v) is 3.25. The number of nitrogens with zero attached hydrogens (tertiary/aromatic N) is 2. The van der Waals surface area contributed by atoms with Crippen LogP contribution < -0.4 is 10.6 Å². The molecule has 0 radical (unpaired) electrons. The van der Waals surface area contributed by atoms with Gasteiger partial charge in [-0.3, -0.25) is 9.89 Å². The van der Waals surface area contributed by atoms with E-state index in [1.807, 2.05) is 7.05 Å². The number of halogens is 1. The molecule has 1 aromatic carbocycles. The highest BCUT2D eigenvalue weighted by atomic mass is 127. The third-order valence-corrected chi connectivity index (χ3v) is 4.51. The van der Waals surface area contributed by atoms with E-state index < -0.39 is 0 Å². The molecule has 1 aliphatic heterocycles. The maximum atomic E-state index is 5.38. The van der Waals surface area contributed by atoms with Crippen LogP contribution >= 0.6 is 24.0 Å². The van der Waals surface area contributed by atoms with Crippen LogP contribution in [0, 0.1) is 13.8 Å². The van der Waals surface area contributed by atoms with Crippen molar-refractivity contribution in [2.75, 3.05) is 53.0 Å². The topological polar surface area (TPSA) is 48.9 Å². The summed E-state index contributed by atoms with van der Waals surface area (Å²) in [4.78, 5) is 6.80. The summed E-state index contributed by atoms with van der Waals surface area (Å²) < 4.78 is 5.38. The Labute approximate surface area is 176 Å². The van der Waals surface area contributed by atoms with E-state index in [4.69, 9.17) is 4.74 Å². The maximum Gasteiger partial charge on any atom is 0.190 e. The average Bonchev–Trinajstić information content (AvgIpc) is 2.60. The normalized spacial score (nSPS) is 15.4. The molecule has 1 fully saturated rings. The third kappa shape index (κ3) is 9.19. The summed E-state index contributed by atoms with van der Waals surface area (Å²) in [5.41, 5.74) is 4.04. The molecule has 2 rings (SSSR count). The zero-order valence-corrected chi connectivity index (χ0v) is 18.8. The molecule has 1 heterocycles. The number of guanidine groups is 1. The van der Waals surface area contributed by atoms with E-state index in [0.717, 1.165) is 58.2 Å². The quantitative estimate of drug-likeness (QED) is 0.263. The second-order valence-electron chi connectivity index (χ2n) is 6.83. The predicted molar refractivity (Wildman–Crippen MR) is 121 cm³/mol. The first-order valence-electron chi connectivity index (χ1n) is 9.49. The highest BCUT2D eigenvalue weighted by molar-refractivity contribution is 14.0. The fourth-order valence-electron chi connectivity index (χ4n) is 3.25. The lowest BCUT2D eigenvalue weighted by Crippen LogP contribution is -2.39. The first kappa shape index (κ1) is 23.2. The van der Waals surface area contributed by atoms with Crippen molar-refractivity contribution >= 4 is 29.9 Å². The van der Waals surface area contributed by atoms with Gasteiger partial charge in [-0.2, -0.15) is 0 Å². The third-order valence-electron chi connectivity index (χ3n) is 4.51. The number of hydrogen-bond donors (Lipinski definition) is 2. The van der Waals surface area contributed by atoms with Crippen LogP contribution in [0.2, 0.25) is 0 Å². The van der Waals surface area contributed by atoms with E-state index >= 15 is 0 Å². The van der Waals surface area contributed by atoms with Crippen LogP contribution in [0.3, 0.4) is 0 Å². The molecule has 0 saturated carbocycles. The highest BCUT2D eigenvalue weighted by Crippen LogP contribution is 2.09. The van der Waals surface area contributed by atoms with Gasteiger partial charge < -0.3 is 15.4 Å². The predicted octanol–water partition coefficient (Wildman–Crippen LogP) is 2.74. The van der Waals surface area contributed by atoms with E-state index in [9.17, 15) is 0 Å². The lowest BCUT2D eigenvalue weighted by atomic mass is 10.1. The van der Waals surface area contributed by atoms with Gasteiger partial charge in [0, 0.05) is 33.2 Å². The number of aliphatic imine (C=N–C) groups is 1. The molecular formula is C20H35IN4O. The Morgan fingerprint density at radius 2 is 1.69 bits per heavy atom. The van der Waals surface area contributed by atoms with Crippen LogP contribution in [0.4, 0.5) is 0 Å². The molecule has 1 saturated heterocycles. The largest absolute Gasteiger partial charge is 0.379 e. The van der Waals surface area contributed by atoms with Crippen molar-refractivity contribution in [3.8, 4) is 0 Å². The first-order chi connectivity index (χ1) is 12.2. The zero-order valence-electron chi connectivity index (χ0n) is 16.5. The number of morpholine rings is 1. The molecule has 26 heavy (non-hydrogen) atoms. The van der Waals surface area contributed by atoms with Crippen molar-refractivity contribution in [1.29, 1.82) is 0 Å². The molecule has 1 aromatic rings. The second kappa shape index (κ2) is 13.3. The van der Waals surface area contributed by atoms with Crippen molar-refractivity contribution in [2.45, 2.75) is 33.1 Å². The van der Waals surface area contributed by atoms with E-state index in [1.54, 1.807) is 0 Å². The van der Waals surface area contributed by atoms with Gasteiger partial charge in [-0.05, 0) is 45.2 Å². The minimum Gasteiger partial charge on any atom is -0.379 e. The smallest absolute Gasteiger partial charge is 0.190 e. The molecule has 2 N–H and O–H groups in total. The summed E-state index contributed by atoms with van der Waals surface area (Å²) in [5.74, 6) is 0.899. The van der Waals surface area contributed by atoms with Crippen LogP contribution in [0.5, 0.6) is 0 Å². The lowest BCUT2D eigenvalue weighted by Gasteiger charge is -2.26. The SMILES string of the molecule is CN=C(NCCCCN1CCOCC1)NCCc1cc(C)cc(C)c1.I. The fraction of sp³-hybridized carbons (Fsp3) is 0.650. The number of benzene rings is 1. The Morgan fingerprint density at radius 3 is 2.35 bits per heavy atom. The molecule has 5 nitrogen and oxygen atoms in total. The summed E-state index contributed by atoms with van der Waals surface area (Å²) in [6, 6.07) is 6.74. The second-order valence-corrected chi connectivity index (χ2v) is 6.83. The Balaban J connectivity index is 0.00000338. The molecule has 0 unspecified atom stereocenters. The Hall–Kier alpha value is -0.860. The summed E-state index contributed by atoms with van der Waals surface area (Å²) in [6.07, 6.45) is 3.39. The van der Waals surface area contributed by atoms with Crippen LogP contribution in [0.15, 0.2) is 23.2 Å². The molecule has 0 atom stereocenters. The van der Waals surface area contributed by atoms with Gasteiger partial charge in [-0.1, -0.05) is 29.3 Å². The molecule has 6 heteroatoms. The molecule has 0 spiro atoms. The Bertz CT molecular complexity index is 524. The number of ether oxygens (including phenoxy) is 1. The van der Waals surface area contributed by atoms with Crippen LogP contribution in [-0.4, -0.2) is 63.8 Å². The van der Waals surface area contributed by atoms with E-state index in [0.29, 0.717) is 0 Å². The van der Waals surface area contributed by atoms with Crippen molar-refractivity contribution in [2.24, 2.45) is 4.99 Å². The molecule has 0 amide bonds. The average molecular weight is 474 g/mol. The summed E-state index contributed by atoms with van der Waals surface area (Å²) in [7, 11) is 1.83. The standard InChI is InChI=1S/C20H34N4O.HI/c1-17-14-18(2)16-19(15-17)6-8-23-20(21-3)22-7-4-5-9-24-10-12-25-13-11-24;/h14-16H,4-13H2,1-3H3,(H2,21,22,23);1H. The summed E-state index contributed by atoms with van der Waals surface area (Å²) in [6.45, 7) is 11.3. The van der Waals surface area contributed by atoms with Crippen molar-refractivity contribution in [1.82, 2.24) is 15.5 Å². The van der Waals surface area contributed by atoms with Crippen molar-refractivity contribution in [3.05, 3.63) is 34.9 Å². The molecular weight excluding hydrogens is 439 g/mol. The van der Waals surface area contributed by atoms with Gasteiger partial charge in [0.05, 0.1) is 13.2 Å². The minimum atomic E-state index is 0. The maximum absolute atomic E-state index is 5.38. The van der Waals surface area contributed by atoms with Gasteiger partial charge in [0.25, 0.3) is 0 Å². The molecule has 148 valence electrons. The van der Waals surface area contributed by atoms with Crippen LogP contribution in [-0.2, 0) is 11.2 Å². The summed E-state index contributed by atoms with van der Waals surface area (Å²) >= 11 is 0. The van der Waals surface area contributed by atoms with Crippen molar-refractivity contribution in [3.63, 3.8) is 0 Å². The van der Waals surface area contributed by atoms with E-state index in [-0.39, 0.29) is 24.0 Å². The van der Waals surface area contributed by atoms with Gasteiger partial charge in [0.15, 0.2) is 5.96 Å². The van der Waals surface area contributed by atoms with Crippen LogP contribution in [0.1, 0.15) is 29.5 Å². The minimum absolute atomic E-state index is 0. The van der Waals surface area contributed by atoms with Gasteiger partial charge in [0.2, 0.25) is 0 Å². The van der Waals surface area contributed by atoms with E-state index in [2.05, 4.69) is 52.6 Å². The Kier molecular flexibility index (Phi) is 11.9. The highest BCUT2D eigenvalue weighted by Gasteiger charge is 2.09. The van der Waals surface area contributed by atoms with Gasteiger partial charge in [-0.15, -0.1) is 24.0 Å².